The van der Waals surface area contributed by atoms with Gasteiger partial charge in [-0.3, -0.25) is 10.1 Å². The fraction of sp³-hybridized carbons (Fsp3) is 0.308. The predicted octanol–water partition coefficient (Wildman–Crippen LogP) is 2.97. The van der Waals surface area contributed by atoms with E-state index in [1.165, 1.54) is 0 Å². The van der Waals surface area contributed by atoms with Crippen LogP contribution in [0, 0.1) is 6.92 Å². The van der Waals surface area contributed by atoms with Crippen LogP contribution in [0.15, 0.2) is 24.3 Å². The molecular formula is C13H12F3N3O2S. The van der Waals surface area contributed by atoms with Gasteiger partial charge in [-0.1, -0.05) is 23.5 Å². The Kier molecular flexibility index (Phi) is 4.96. The smallest absolute Gasteiger partial charge is 0.471 e. The number of rotatable bonds is 5. The maximum absolute atomic E-state index is 12.1. The number of aromatic nitrogens is 2. The van der Waals surface area contributed by atoms with Gasteiger partial charge in [0.05, 0.1) is 6.61 Å². The van der Waals surface area contributed by atoms with Crippen molar-refractivity contribution in [1.29, 1.82) is 0 Å². The van der Waals surface area contributed by atoms with Crippen LogP contribution in [0.4, 0.5) is 18.3 Å². The van der Waals surface area contributed by atoms with Gasteiger partial charge in [-0.2, -0.15) is 13.2 Å². The molecule has 2 aromatic rings. The third kappa shape index (κ3) is 4.69. The second-order valence-corrected chi connectivity index (χ2v) is 5.43. The van der Waals surface area contributed by atoms with E-state index < -0.39 is 12.1 Å². The molecule has 0 spiro atoms. The van der Waals surface area contributed by atoms with Crippen LogP contribution in [0.1, 0.15) is 10.6 Å². The van der Waals surface area contributed by atoms with Gasteiger partial charge in [0.1, 0.15) is 10.8 Å². The zero-order valence-corrected chi connectivity index (χ0v) is 12.3. The monoisotopic (exact) mass is 331 g/mol. The third-order valence-corrected chi connectivity index (χ3v) is 3.42. The summed E-state index contributed by atoms with van der Waals surface area (Å²) in [7, 11) is 0. The van der Waals surface area contributed by atoms with Gasteiger partial charge in [-0.15, -0.1) is 10.2 Å². The van der Waals surface area contributed by atoms with E-state index in [1.807, 2.05) is 31.2 Å². The number of aryl methyl sites for hydroxylation is 1. The molecule has 0 aliphatic heterocycles. The lowest BCUT2D eigenvalue weighted by atomic mass is 10.2. The lowest BCUT2D eigenvalue weighted by Crippen LogP contribution is -2.29. The molecule has 1 aromatic heterocycles. The van der Waals surface area contributed by atoms with Crippen molar-refractivity contribution < 1.29 is 22.7 Å². The summed E-state index contributed by atoms with van der Waals surface area (Å²) < 4.78 is 41.8. The van der Waals surface area contributed by atoms with Gasteiger partial charge in [0.15, 0.2) is 0 Å². The summed E-state index contributed by atoms with van der Waals surface area (Å²) in [6.45, 7) is 2.25. The zero-order valence-electron chi connectivity index (χ0n) is 11.5. The number of nitrogens with zero attached hydrogens (tertiary/aromatic N) is 2. The molecule has 0 unspecified atom stereocenters. The number of ether oxygens (including phenoxy) is 1. The summed E-state index contributed by atoms with van der Waals surface area (Å²) in [5.74, 6) is -1.36. The number of alkyl halides is 3. The van der Waals surface area contributed by atoms with Gasteiger partial charge in [0, 0.05) is 6.42 Å². The zero-order chi connectivity index (χ0) is 16.2. The molecule has 0 saturated heterocycles. The SMILES string of the molecule is Cc1cccc(OCCc2nnc(NC(=O)C(F)(F)F)s2)c1. The van der Waals surface area contributed by atoms with E-state index in [2.05, 4.69) is 10.2 Å². The lowest BCUT2D eigenvalue weighted by Gasteiger charge is -2.05. The Morgan fingerprint density at radius 1 is 1.36 bits per heavy atom. The van der Waals surface area contributed by atoms with Crippen LogP contribution in [-0.4, -0.2) is 28.9 Å². The van der Waals surface area contributed by atoms with Crippen LogP contribution in [0.25, 0.3) is 0 Å². The average molecular weight is 331 g/mol. The van der Waals surface area contributed by atoms with E-state index in [0.29, 0.717) is 23.8 Å². The second kappa shape index (κ2) is 6.73. The molecule has 22 heavy (non-hydrogen) atoms. The van der Waals surface area contributed by atoms with E-state index in [4.69, 9.17) is 4.74 Å². The van der Waals surface area contributed by atoms with Crippen LogP contribution in [-0.2, 0) is 11.2 Å². The van der Waals surface area contributed by atoms with Gasteiger partial charge < -0.3 is 4.74 Å². The predicted molar refractivity (Wildman–Crippen MR) is 75.0 cm³/mol. The minimum atomic E-state index is -4.94. The minimum Gasteiger partial charge on any atom is -0.493 e. The van der Waals surface area contributed by atoms with Crippen molar-refractivity contribution >= 4 is 22.4 Å². The number of carbonyl (C=O) groups is 1. The first-order valence-corrected chi connectivity index (χ1v) is 7.06. The molecule has 1 N–H and O–H groups in total. The molecule has 0 radical (unpaired) electrons. The van der Waals surface area contributed by atoms with Gasteiger partial charge in [0.25, 0.3) is 0 Å². The Hall–Kier alpha value is -2.16. The molecular weight excluding hydrogens is 319 g/mol. The molecule has 2 rings (SSSR count). The molecule has 118 valence electrons. The largest absolute Gasteiger partial charge is 0.493 e. The Bertz CT molecular complexity index is 658. The molecule has 0 fully saturated rings. The summed E-state index contributed by atoms with van der Waals surface area (Å²) in [6.07, 6.45) is -4.56. The number of hydrogen-bond donors (Lipinski definition) is 1. The quantitative estimate of drug-likeness (QED) is 0.915. The van der Waals surface area contributed by atoms with Crippen LogP contribution >= 0.6 is 11.3 Å². The van der Waals surface area contributed by atoms with Crippen molar-refractivity contribution in [2.45, 2.75) is 19.5 Å². The molecule has 9 heteroatoms. The van der Waals surface area contributed by atoms with E-state index in [1.54, 1.807) is 5.32 Å². The Balaban J connectivity index is 1.83. The van der Waals surface area contributed by atoms with Crippen molar-refractivity contribution in [3.05, 3.63) is 34.8 Å². The normalized spacial score (nSPS) is 11.3. The highest BCUT2D eigenvalue weighted by molar-refractivity contribution is 7.15. The van der Waals surface area contributed by atoms with Crippen LogP contribution in [0.2, 0.25) is 0 Å². The van der Waals surface area contributed by atoms with E-state index in [0.717, 1.165) is 16.9 Å². The average Bonchev–Trinajstić information content (AvgIpc) is 2.85. The van der Waals surface area contributed by atoms with Gasteiger partial charge >= 0.3 is 12.1 Å². The number of anilines is 1. The summed E-state index contributed by atoms with van der Waals surface area (Å²) in [6, 6.07) is 7.48. The fourth-order valence-corrected chi connectivity index (χ4v) is 2.25. The summed E-state index contributed by atoms with van der Waals surface area (Å²) in [5.41, 5.74) is 1.06. The van der Waals surface area contributed by atoms with Crippen LogP contribution < -0.4 is 10.1 Å². The molecule has 0 saturated carbocycles. The number of amides is 1. The van der Waals surface area contributed by atoms with Crippen LogP contribution in [0.5, 0.6) is 5.75 Å². The number of nitrogens with one attached hydrogen (secondary N) is 1. The number of halogens is 3. The topological polar surface area (TPSA) is 64.1 Å². The van der Waals surface area contributed by atoms with Crippen molar-refractivity contribution in [2.75, 3.05) is 11.9 Å². The lowest BCUT2D eigenvalue weighted by molar-refractivity contribution is -0.167. The van der Waals surface area contributed by atoms with Gasteiger partial charge in [-0.05, 0) is 24.6 Å². The molecule has 0 aliphatic rings. The first-order valence-electron chi connectivity index (χ1n) is 6.24. The van der Waals surface area contributed by atoms with Crippen molar-refractivity contribution in [3.8, 4) is 5.75 Å². The van der Waals surface area contributed by atoms with E-state index >= 15 is 0 Å². The summed E-state index contributed by atoms with van der Waals surface area (Å²) >= 11 is 0.881. The van der Waals surface area contributed by atoms with Crippen molar-refractivity contribution in [1.82, 2.24) is 10.2 Å². The van der Waals surface area contributed by atoms with Crippen molar-refractivity contribution in [2.24, 2.45) is 0 Å². The molecule has 5 nitrogen and oxygen atoms in total. The third-order valence-electron chi connectivity index (χ3n) is 2.52. The standard InChI is InChI=1S/C13H12F3N3O2S/c1-8-3-2-4-9(7-8)21-6-5-10-18-19-12(22-10)17-11(20)13(14,15)16/h2-4,7H,5-6H2,1H3,(H,17,19,20). The minimum absolute atomic E-state index is 0.187. The first kappa shape index (κ1) is 16.2. The van der Waals surface area contributed by atoms with Crippen molar-refractivity contribution in [3.63, 3.8) is 0 Å². The van der Waals surface area contributed by atoms with Gasteiger partial charge in [-0.25, -0.2) is 0 Å². The van der Waals surface area contributed by atoms with E-state index in [-0.39, 0.29) is 5.13 Å². The highest BCUT2D eigenvalue weighted by Gasteiger charge is 2.39. The number of hydrogen-bond acceptors (Lipinski definition) is 5. The molecule has 0 atom stereocenters. The fourth-order valence-electron chi connectivity index (χ4n) is 1.53. The molecule has 1 heterocycles. The second-order valence-electron chi connectivity index (χ2n) is 4.37. The highest BCUT2D eigenvalue weighted by Crippen LogP contribution is 2.21. The first-order chi connectivity index (χ1) is 10.3. The maximum Gasteiger partial charge on any atom is 0.471 e. The highest BCUT2D eigenvalue weighted by atomic mass is 32.1. The maximum atomic E-state index is 12.1. The van der Waals surface area contributed by atoms with Crippen LogP contribution in [0.3, 0.4) is 0 Å². The molecule has 1 aromatic carbocycles. The summed E-state index contributed by atoms with van der Waals surface area (Å²) in [5, 5.41) is 9.14. The molecule has 1 amide bonds. The van der Waals surface area contributed by atoms with Gasteiger partial charge in [0.2, 0.25) is 5.13 Å². The molecule has 0 bridgehead atoms. The Labute approximate surface area is 128 Å². The number of benzene rings is 1. The Morgan fingerprint density at radius 3 is 2.82 bits per heavy atom. The number of carbonyl (C=O) groups excluding carboxylic acids is 1. The van der Waals surface area contributed by atoms with E-state index in [9.17, 15) is 18.0 Å². The summed E-state index contributed by atoms with van der Waals surface area (Å²) in [4.78, 5) is 10.8. The molecule has 0 aliphatic carbocycles. The Morgan fingerprint density at radius 2 is 2.14 bits per heavy atom.